The predicted octanol–water partition coefficient (Wildman–Crippen LogP) is 3.19. The monoisotopic (exact) mass is 264 g/mol. The van der Waals surface area contributed by atoms with Gasteiger partial charge in [0.2, 0.25) is 0 Å². The zero-order valence-electron chi connectivity index (χ0n) is 9.71. The van der Waals surface area contributed by atoms with Gasteiger partial charge in [-0.05, 0) is 12.1 Å². The van der Waals surface area contributed by atoms with Gasteiger partial charge < -0.3 is 5.32 Å². The number of hydrogen-bond donors (Lipinski definition) is 1. The lowest BCUT2D eigenvalue weighted by atomic mass is 10.3. The fraction of sp³-hybridized carbons (Fsp3) is 0.545. The van der Waals surface area contributed by atoms with Gasteiger partial charge in [-0.15, -0.1) is 11.8 Å². The molecule has 1 rings (SSSR count). The molecule has 17 heavy (non-hydrogen) atoms. The molecule has 0 saturated carbocycles. The fourth-order valence-corrected chi connectivity index (χ4v) is 1.86. The molecule has 1 aromatic rings. The van der Waals surface area contributed by atoms with E-state index < -0.39 is 11.7 Å². The summed E-state index contributed by atoms with van der Waals surface area (Å²) < 4.78 is 36.8. The minimum Gasteiger partial charge on any atom is -0.314 e. The molecule has 0 aromatic carbocycles. The molecule has 0 atom stereocenters. The molecule has 0 saturated heterocycles. The second-order valence-corrected chi connectivity index (χ2v) is 4.96. The molecule has 0 aliphatic heterocycles. The largest absolute Gasteiger partial charge is 0.417 e. The van der Waals surface area contributed by atoms with Crippen LogP contribution in [-0.2, 0) is 6.18 Å². The van der Waals surface area contributed by atoms with Crippen molar-refractivity contribution < 1.29 is 13.2 Å². The lowest BCUT2D eigenvalue weighted by molar-refractivity contribution is -0.137. The van der Waals surface area contributed by atoms with Crippen molar-refractivity contribution in [2.45, 2.75) is 31.1 Å². The highest BCUT2D eigenvalue weighted by Crippen LogP contribution is 2.29. The van der Waals surface area contributed by atoms with Crippen LogP contribution >= 0.6 is 11.8 Å². The second-order valence-electron chi connectivity index (χ2n) is 3.84. The molecule has 0 amide bonds. The van der Waals surface area contributed by atoms with Crippen molar-refractivity contribution in [3.05, 3.63) is 23.9 Å². The maximum Gasteiger partial charge on any atom is 0.417 e. The molecule has 6 heteroatoms. The van der Waals surface area contributed by atoms with Crippen LogP contribution in [-0.4, -0.2) is 23.3 Å². The van der Waals surface area contributed by atoms with Gasteiger partial charge in [0.05, 0.1) is 10.6 Å². The Hall–Kier alpha value is -0.750. The number of pyridine rings is 1. The van der Waals surface area contributed by atoms with Gasteiger partial charge in [-0.2, -0.15) is 13.2 Å². The van der Waals surface area contributed by atoms with E-state index in [0.717, 1.165) is 24.6 Å². The van der Waals surface area contributed by atoms with E-state index in [-0.39, 0.29) is 0 Å². The Morgan fingerprint density at radius 3 is 2.53 bits per heavy atom. The Bertz CT molecular complexity index is 336. The number of nitrogens with one attached hydrogen (secondary N) is 1. The van der Waals surface area contributed by atoms with Crippen molar-refractivity contribution in [2.75, 3.05) is 12.3 Å². The summed E-state index contributed by atoms with van der Waals surface area (Å²) in [4.78, 5) is 3.78. The molecule has 1 N–H and O–H groups in total. The normalized spacial score (nSPS) is 12.1. The first-order chi connectivity index (χ1) is 7.89. The number of nitrogens with zero attached hydrogens (tertiary/aromatic N) is 1. The molecule has 0 aliphatic carbocycles. The summed E-state index contributed by atoms with van der Waals surface area (Å²) in [5, 5.41) is 3.84. The fourth-order valence-electron chi connectivity index (χ4n) is 1.14. The van der Waals surface area contributed by atoms with E-state index in [4.69, 9.17) is 0 Å². The molecule has 0 bridgehead atoms. The SMILES string of the molecule is CC(C)NCCSc1ccc(C(F)(F)F)cn1. The molecule has 0 unspecified atom stereocenters. The van der Waals surface area contributed by atoms with E-state index in [2.05, 4.69) is 10.3 Å². The summed E-state index contributed by atoms with van der Waals surface area (Å²) in [5.41, 5.74) is -0.706. The first-order valence-corrected chi connectivity index (χ1v) is 6.27. The molecule has 1 aromatic heterocycles. The van der Waals surface area contributed by atoms with Crippen molar-refractivity contribution in [3.63, 3.8) is 0 Å². The quantitative estimate of drug-likeness (QED) is 0.653. The summed E-state index contributed by atoms with van der Waals surface area (Å²) in [6.07, 6.45) is -3.44. The number of aromatic nitrogens is 1. The van der Waals surface area contributed by atoms with E-state index in [0.29, 0.717) is 11.1 Å². The molecule has 0 fully saturated rings. The van der Waals surface area contributed by atoms with Gasteiger partial charge in [0.15, 0.2) is 0 Å². The zero-order valence-corrected chi connectivity index (χ0v) is 10.5. The van der Waals surface area contributed by atoms with Crippen LogP contribution in [0.2, 0.25) is 0 Å². The molecule has 0 spiro atoms. The highest BCUT2D eigenvalue weighted by atomic mass is 32.2. The molecule has 0 radical (unpaired) electrons. The summed E-state index contributed by atoms with van der Waals surface area (Å²) >= 11 is 1.44. The standard InChI is InChI=1S/C11H15F3N2S/c1-8(2)15-5-6-17-10-4-3-9(7-16-10)11(12,13)14/h3-4,7-8,15H,5-6H2,1-2H3. The van der Waals surface area contributed by atoms with Crippen molar-refractivity contribution in [3.8, 4) is 0 Å². The Morgan fingerprint density at radius 1 is 1.35 bits per heavy atom. The number of rotatable bonds is 5. The van der Waals surface area contributed by atoms with Gasteiger partial charge in [0.1, 0.15) is 0 Å². The molecule has 96 valence electrons. The van der Waals surface area contributed by atoms with Crippen LogP contribution in [0.5, 0.6) is 0 Å². The van der Waals surface area contributed by atoms with Gasteiger partial charge in [-0.1, -0.05) is 13.8 Å². The lowest BCUT2D eigenvalue weighted by Crippen LogP contribution is -2.24. The van der Waals surface area contributed by atoms with Gasteiger partial charge >= 0.3 is 6.18 Å². The van der Waals surface area contributed by atoms with Gasteiger partial charge in [-0.3, -0.25) is 0 Å². The van der Waals surface area contributed by atoms with Crippen molar-refractivity contribution in [1.29, 1.82) is 0 Å². The summed E-state index contributed by atoms with van der Waals surface area (Å²) in [6, 6.07) is 2.88. The Labute approximate surface area is 103 Å². The topological polar surface area (TPSA) is 24.9 Å². The molecule has 1 heterocycles. The van der Waals surface area contributed by atoms with E-state index in [9.17, 15) is 13.2 Å². The number of halogens is 3. The van der Waals surface area contributed by atoms with Crippen LogP contribution in [0.4, 0.5) is 13.2 Å². The molecule has 2 nitrogen and oxygen atoms in total. The first-order valence-electron chi connectivity index (χ1n) is 5.29. The summed E-state index contributed by atoms with van der Waals surface area (Å²) in [5.74, 6) is 0.788. The van der Waals surface area contributed by atoms with Crippen LogP contribution < -0.4 is 5.32 Å². The van der Waals surface area contributed by atoms with E-state index >= 15 is 0 Å². The Balaban J connectivity index is 2.41. The molecule has 0 aliphatic rings. The third-order valence-corrected chi connectivity index (χ3v) is 2.91. The van der Waals surface area contributed by atoms with Crippen LogP contribution in [0.3, 0.4) is 0 Å². The summed E-state index contributed by atoms with van der Waals surface area (Å²) in [6.45, 7) is 4.90. The van der Waals surface area contributed by atoms with Crippen molar-refractivity contribution in [2.24, 2.45) is 0 Å². The minimum atomic E-state index is -4.31. The Morgan fingerprint density at radius 2 is 2.06 bits per heavy atom. The highest BCUT2D eigenvalue weighted by Gasteiger charge is 2.30. The number of hydrogen-bond acceptors (Lipinski definition) is 3. The van der Waals surface area contributed by atoms with Crippen LogP contribution in [0.25, 0.3) is 0 Å². The average Bonchev–Trinajstić information content (AvgIpc) is 2.23. The Kier molecular flexibility index (Phi) is 5.27. The smallest absolute Gasteiger partial charge is 0.314 e. The lowest BCUT2D eigenvalue weighted by Gasteiger charge is -2.08. The van der Waals surface area contributed by atoms with Crippen molar-refractivity contribution in [1.82, 2.24) is 10.3 Å². The third kappa shape index (κ3) is 5.41. The average molecular weight is 264 g/mol. The van der Waals surface area contributed by atoms with Gasteiger partial charge in [0, 0.05) is 24.5 Å². The van der Waals surface area contributed by atoms with Gasteiger partial charge in [-0.25, -0.2) is 4.98 Å². The highest BCUT2D eigenvalue weighted by molar-refractivity contribution is 7.99. The predicted molar refractivity (Wildman–Crippen MR) is 63.1 cm³/mol. The maximum absolute atomic E-state index is 12.3. The van der Waals surface area contributed by atoms with Crippen LogP contribution in [0, 0.1) is 0 Å². The molecular weight excluding hydrogens is 249 g/mol. The molecular formula is C11H15F3N2S. The summed E-state index contributed by atoms with van der Waals surface area (Å²) in [7, 11) is 0. The number of thioether (sulfide) groups is 1. The zero-order chi connectivity index (χ0) is 12.9. The minimum absolute atomic E-state index is 0.413. The third-order valence-electron chi connectivity index (χ3n) is 1.97. The van der Waals surface area contributed by atoms with Crippen LogP contribution in [0.1, 0.15) is 19.4 Å². The number of alkyl halides is 3. The van der Waals surface area contributed by atoms with Gasteiger partial charge in [0.25, 0.3) is 0 Å². The van der Waals surface area contributed by atoms with E-state index in [1.165, 1.54) is 17.8 Å². The maximum atomic E-state index is 12.3. The second kappa shape index (κ2) is 6.26. The van der Waals surface area contributed by atoms with E-state index in [1.807, 2.05) is 13.8 Å². The van der Waals surface area contributed by atoms with Crippen molar-refractivity contribution >= 4 is 11.8 Å². The first kappa shape index (κ1) is 14.3. The van der Waals surface area contributed by atoms with Crippen LogP contribution in [0.15, 0.2) is 23.4 Å². The van der Waals surface area contributed by atoms with E-state index in [1.54, 1.807) is 0 Å².